The number of nitrogens with two attached hydrogens (primary N) is 1. The smallest absolute Gasteiger partial charge is 0.410 e. The van der Waals surface area contributed by atoms with Crippen LogP contribution in [0.3, 0.4) is 0 Å². The first-order valence-corrected chi connectivity index (χ1v) is 5.93. The van der Waals surface area contributed by atoms with E-state index in [0.29, 0.717) is 6.42 Å². The fraction of sp³-hybridized carbons (Fsp3) is 0.917. The molecule has 0 radical (unpaired) electrons. The number of ether oxygens (including phenoxy) is 1. The van der Waals surface area contributed by atoms with Gasteiger partial charge in [-0.3, -0.25) is 0 Å². The van der Waals surface area contributed by atoms with Crippen LogP contribution in [0.25, 0.3) is 0 Å². The van der Waals surface area contributed by atoms with Crippen molar-refractivity contribution in [1.82, 2.24) is 4.90 Å². The van der Waals surface area contributed by atoms with Crippen LogP contribution in [0.5, 0.6) is 0 Å². The fourth-order valence-corrected chi connectivity index (χ4v) is 2.01. The summed E-state index contributed by atoms with van der Waals surface area (Å²) in [5.74, 6) is 0. The number of hydrogen-bond donors (Lipinski definition) is 1. The Balaban J connectivity index is 2.78. The second-order valence-corrected chi connectivity index (χ2v) is 6.29. The van der Waals surface area contributed by atoms with Gasteiger partial charge in [-0.05, 0) is 41.0 Å². The lowest BCUT2D eigenvalue weighted by Gasteiger charge is -2.46. The highest BCUT2D eigenvalue weighted by Crippen LogP contribution is 2.29. The summed E-state index contributed by atoms with van der Waals surface area (Å²) in [7, 11) is 0. The van der Waals surface area contributed by atoms with Gasteiger partial charge in [-0.1, -0.05) is 0 Å². The number of likely N-dealkylation sites (tertiary alicyclic amines) is 1. The number of carbonyl (C=O) groups excluding carboxylic acids is 1. The summed E-state index contributed by atoms with van der Waals surface area (Å²) in [4.78, 5) is 13.4. The van der Waals surface area contributed by atoms with E-state index in [2.05, 4.69) is 0 Å². The Morgan fingerprint density at radius 3 is 2.47 bits per heavy atom. The predicted molar refractivity (Wildman–Crippen MR) is 64.5 cm³/mol. The van der Waals surface area contributed by atoms with Gasteiger partial charge in [0, 0.05) is 11.6 Å². The molecule has 4 nitrogen and oxygen atoms in total. The molecule has 0 aromatic rings. The number of alkyl halides is 1. The topological polar surface area (TPSA) is 55.6 Å². The molecule has 2 unspecified atom stereocenters. The standard InChI is InChI=1S/C12H23FN2O2/c1-11(2,3)17-10(16)15-7-8(13)9(14)6-12(15,4)5/h8-9H,6-7,14H2,1-5H3. The maximum absolute atomic E-state index is 13.6. The highest BCUT2D eigenvalue weighted by Gasteiger charge is 2.43. The van der Waals surface area contributed by atoms with E-state index >= 15 is 0 Å². The SMILES string of the molecule is CC(C)(C)OC(=O)N1CC(F)C(N)CC1(C)C. The molecule has 17 heavy (non-hydrogen) atoms. The Morgan fingerprint density at radius 2 is 2.00 bits per heavy atom. The summed E-state index contributed by atoms with van der Waals surface area (Å²) in [5, 5.41) is 0. The van der Waals surface area contributed by atoms with E-state index in [1.807, 2.05) is 13.8 Å². The zero-order chi connectivity index (χ0) is 13.4. The van der Waals surface area contributed by atoms with Crippen molar-refractivity contribution in [2.75, 3.05) is 6.54 Å². The number of hydrogen-bond acceptors (Lipinski definition) is 3. The minimum atomic E-state index is -1.18. The molecule has 0 aromatic carbocycles. The second kappa shape index (κ2) is 4.44. The van der Waals surface area contributed by atoms with E-state index < -0.39 is 29.4 Å². The zero-order valence-electron chi connectivity index (χ0n) is 11.3. The number of amides is 1. The minimum Gasteiger partial charge on any atom is -0.444 e. The molecule has 0 aliphatic carbocycles. The summed E-state index contributed by atoms with van der Waals surface area (Å²) < 4.78 is 18.9. The lowest BCUT2D eigenvalue weighted by Crippen LogP contribution is -2.61. The summed E-state index contributed by atoms with van der Waals surface area (Å²) in [6.45, 7) is 9.13. The average molecular weight is 246 g/mol. The van der Waals surface area contributed by atoms with Crippen LogP contribution in [0, 0.1) is 0 Å². The monoisotopic (exact) mass is 246 g/mol. The van der Waals surface area contributed by atoms with Gasteiger partial charge in [-0.2, -0.15) is 0 Å². The van der Waals surface area contributed by atoms with Gasteiger partial charge in [0.2, 0.25) is 0 Å². The van der Waals surface area contributed by atoms with Crippen LogP contribution in [0.4, 0.5) is 9.18 Å². The third kappa shape index (κ3) is 3.56. The second-order valence-electron chi connectivity index (χ2n) is 6.29. The largest absolute Gasteiger partial charge is 0.444 e. The molecule has 5 heteroatoms. The molecule has 1 heterocycles. The average Bonchev–Trinajstić information content (AvgIpc) is 2.07. The molecule has 2 atom stereocenters. The third-order valence-corrected chi connectivity index (χ3v) is 2.90. The van der Waals surface area contributed by atoms with E-state index in [4.69, 9.17) is 10.5 Å². The van der Waals surface area contributed by atoms with Crippen molar-refractivity contribution in [3.05, 3.63) is 0 Å². The fourth-order valence-electron chi connectivity index (χ4n) is 2.01. The lowest BCUT2D eigenvalue weighted by molar-refractivity contribution is -0.0247. The molecule has 0 aromatic heterocycles. The number of nitrogens with zero attached hydrogens (tertiary/aromatic N) is 1. The molecule has 1 rings (SSSR count). The maximum atomic E-state index is 13.6. The van der Waals surface area contributed by atoms with Gasteiger partial charge in [0.05, 0.1) is 6.54 Å². The molecule has 1 fully saturated rings. The van der Waals surface area contributed by atoms with E-state index in [9.17, 15) is 9.18 Å². The first-order valence-electron chi connectivity index (χ1n) is 5.93. The summed E-state index contributed by atoms with van der Waals surface area (Å²) in [6.07, 6.45) is -1.22. The van der Waals surface area contributed by atoms with Crippen LogP contribution in [-0.2, 0) is 4.74 Å². The minimum absolute atomic E-state index is 0.00306. The van der Waals surface area contributed by atoms with Gasteiger partial charge in [-0.25, -0.2) is 9.18 Å². The van der Waals surface area contributed by atoms with Gasteiger partial charge in [-0.15, -0.1) is 0 Å². The van der Waals surface area contributed by atoms with Crippen molar-refractivity contribution < 1.29 is 13.9 Å². The Hall–Kier alpha value is -0.840. The molecule has 1 aliphatic heterocycles. The van der Waals surface area contributed by atoms with Crippen LogP contribution in [0.2, 0.25) is 0 Å². The number of piperidine rings is 1. The van der Waals surface area contributed by atoms with Crippen LogP contribution >= 0.6 is 0 Å². The highest BCUT2D eigenvalue weighted by molar-refractivity contribution is 5.69. The lowest BCUT2D eigenvalue weighted by atomic mass is 9.87. The van der Waals surface area contributed by atoms with Gasteiger partial charge in [0.1, 0.15) is 11.8 Å². The Morgan fingerprint density at radius 1 is 1.47 bits per heavy atom. The molecular formula is C12H23FN2O2. The van der Waals surface area contributed by atoms with Gasteiger partial charge >= 0.3 is 6.09 Å². The van der Waals surface area contributed by atoms with Crippen molar-refractivity contribution in [3.8, 4) is 0 Å². The van der Waals surface area contributed by atoms with Crippen molar-refractivity contribution >= 4 is 6.09 Å². The molecule has 1 amide bonds. The van der Waals surface area contributed by atoms with Crippen molar-refractivity contribution in [1.29, 1.82) is 0 Å². The third-order valence-electron chi connectivity index (χ3n) is 2.90. The van der Waals surface area contributed by atoms with E-state index in [-0.39, 0.29) is 6.54 Å². The molecule has 2 N–H and O–H groups in total. The van der Waals surface area contributed by atoms with Crippen LogP contribution in [0.15, 0.2) is 0 Å². The highest BCUT2D eigenvalue weighted by atomic mass is 19.1. The first kappa shape index (κ1) is 14.2. The molecular weight excluding hydrogens is 223 g/mol. The van der Waals surface area contributed by atoms with Gasteiger partial charge in [0.15, 0.2) is 0 Å². The Labute approximate surface area is 102 Å². The maximum Gasteiger partial charge on any atom is 0.410 e. The summed E-state index contributed by atoms with van der Waals surface area (Å²) in [6, 6.07) is -0.510. The molecule has 0 saturated carbocycles. The zero-order valence-corrected chi connectivity index (χ0v) is 11.3. The Bertz CT molecular complexity index is 299. The quantitative estimate of drug-likeness (QED) is 0.712. The van der Waals surface area contributed by atoms with Crippen LogP contribution < -0.4 is 5.73 Å². The summed E-state index contributed by atoms with van der Waals surface area (Å²) >= 11 is 0. The van der Waals surface area contributed by atoms with Gasteiger partial charge < -0.3 is 15.4 Å². The van der Waals surface area contributed by atoms with Gasteiger partial charge in [0.25, 0.3) is 0 Å². The molecule has 0 spiro atoms. The van der Waals surface area contributed by atoms with Crippen molar-refractivity contribution in [3.63, 3.8) is 0 Å². The summed E-state index contributed by atoms with van der Waals surface area (Å²) in [5.41, 5.74) is 4.65. The molecule has 100 valence electrons. The molecule has 0 bridgehead atoms. The van der Waals surface area contributed by atoms with E-state index in [0.717, 1.165) is 0 Å². The predicted octanol–water partition coefficient (Wildman–Crippen LogP) is 2.07. The van der Waals surface area contributed by atoms with E-state index in [1.54, 1.807) is 20.8 Å². The van der Waals surface area contributed by atoms with E-state index in [1.165, 1.54) is 4.90 Å². The van der Waals surface area contributed by atoms with Crippen LogP contribution in [0.1, 0.15) is 41.0 Å². The molecule has 1 saturated heterocycles. The number of carbonyl (C=O) groups is 1. The number of halogens is 1. The molecule has 1 aliphatic rings. The van der Waals surface area contributed by atoms with Crippen molar-refractivity contribution in [2.45, 2.75) is 64.4 Å². The number of rotatable bonds is 0. The Kier molecular flexibility index (Phi) is 3.72. The van der Waals surface area contributed by atoms with Crippen LogP contribution in [-0.4, -0.2) is 40.9 Å². The van der Waals surface area contributed by atoms with Crippen molar-refractivity contribution in [2.24, 2.45) is 5.73 Å². The normalized spacial score (nSPS) is 29.0. The first-order chi connectivity index (χ1) is 7.53.